The summed E-state index contributed by atoms with van der Waals surface area (Å²) in [5.41, 5.74) is 7.18. The third-order valence-electron chi connectivity index (χ3n) is 3.93. The molecular weight excluding hydrogens is 304 g/mol. The maximum absolute atomic E-state index is 12.1. The molecule has 0 radical (unpaired) electrons. The van der Waals surface area contributed by atoms with E-state index in [1.54, 1.807) is 0 Å². The van der Waals surface area contributed by atoms with Gasteiger partial charge in [0.15, 0.2) is 0 Å². The number of hydrogen-bond donors (Lipinski definition) is 1. The first-order chi connectivity index (χ1) is 9.04. The quantitative estimate of drug-likeness (QED) is 0.874. The van der Waals surface area contributed by atoms with Crippen LogP contribution in [0.4, 0.5) is 0 Å². The normalized spacial score (nSPS) is 16.2. The molecule has 2 rings (SSSR count). The van der Waals surface area contributed by atoms with Crippen molar-refractivity contribution < 1.29 is 4.79 Å². The molecule has 0 bridgehead atoms. The second-order valence-electron chi connectivity index (χ2n) is 5.58. The maximum atomic E-state index is 12.1. The molecule has 4 heteroatoms. The predicted octanol–water partition coefficient (Wildman–Crippen LogP) is 2.58. The van der Waals surface area contributed by atoms with Crippen LogP contribution in [0, 0.1) is 5.41 Å². The lowest BCUT2D eigenvalue weighted by molar-refractivity contribution is -0.130. The number of carbonyl (C=O) groups excluding carboxylic acids is 1. The van der Waals surface area contributed by atoms with E-state index in [1.807, 2.05) is 24.1 Å². The van der Waals surface area contributed by atoms with Crippen LogP contribution < -0.4 is 5.73 Å². The molecule has 1 aromatic rings. The van der Waals surface area contributed by atoms with Crippen molar-refractivity contribution in [1.29, 1.82) is 0 Å². The van der Waals surface area contributed by atoms with Crippen molar-refractivity contribution in [2.75, 3.05) is 20.1 Å². The van der Waals surface area contributed by atoms with Crippen LogP contribution >= 0.6 is 15.9 Å². The zero-order valence-electron chi connectivity index (χ0n) is 11.4. The number of aryl methyl sites for hydroxylation is 1. The van der Waals surface area contributed by atoms with E-state index in [0.29, 0.717) is 13.0 Å². The minimum absolute atomic E-state index is 0.211. The molecule has 0 aliphatic heterocycles. The number of amides is 1. The van der Waals surface area contributed by atoms with Crippen LogP contribution in [0.15, 0.2) is 28.7 Å². The van der Waals surface area contributed by atoms with E-state index in [1.165, 1.54) is 5.56 Å². The minimum Gasteiger partial charge on any atom is -0.345 e. The van der Waals surface area contributed by atoms with Gasteiger partial charge in [0.05, 0.1) is 0 Å². The van der Waals surface area contributed by atoms with Crippen molar-refractivity contribution >= 4 is 21.8 Å². The molecule has 1 aromatic carbocycles. The summed E-state index contributed by atoms with van der Waals surface area (Å²) in [6.07, 6.45) is 3.69. The first kappa shape index (κ1) is 14.5. The van der Waals surface area contributed by atoms with E-state index in [4.69, 9.17) is 5.73 Å². The fraction of sp³-hybridized carbons (Fsp3) is 0.533. The molecule has 104 valence electrons. The number of nitrogens with two attached hydrogens (primary N) is 1. The van der Waals surface area contributed by atoms with E-state index in [2.05, 4.69) is 28.1 Å². The number of halogens is 1. The van der Waals surface area contributed by atoms with E-state index in [-0.39, 0.29) is 11.3 Å². The van der Waals surface area contributed by atoms with Crippen LogP contribution in [0.5, 0.6) is 0 Å². The van der Waals surface area contributed by atoms with Crippen LogP contribution in [-0.4, -0.2) is 30.9 Å². The Bertz CT molecular complexity index is 440. The van der Waals surface area contributed by atoms with Crippen LogP contribution in [-0.2, 0) is 11.2 Å². The summed E-state index contributed by atoms with van der Waals surface area (Å²) in [6.45, 7) is 1.50. The number of carbonyl (C=O) groups is 1. The highest BCUT2D eigenvalue weighted by molar-refractivity contribution is 9.10. The van der Waals surface area contributed by atoms with Gasteiger partial charge < -0.3 is 10.6 Å². The Balaban J connectivity index is 1.79. The van der Waals surface area contributed by atoms with Gasteiger partial charge in [0.25, 0.3) is 0 Å². The van der Waals surface area contributed by atoms with Gasteiger partial charge >= 0.3 is 0 Å². The first-order valence-electron chi connectivity index (χ1n) is 6.73. The van der Waals surface area contributed by atoms with Gasteiger partial charge in [-0.15, -0.1) is 0 Å². The van der Waals surface area contributed by atoms with Gasteiger partial charge in [-0.2, -0.15) is 0 Å². The van der Waals surface area contributed by atoms with Crippen molar-refractivity contribution in [2.45, 2.75) is 25.7 Å². The Morgan fingerprint density at radius 1 is 1.37 bits per heavy atom. The Kier molecular flexibility index (Phi) is 4.63. The van der Waals surface area contributed by atoms with Crippen LogP contribution in [0.3, 0.4) is 0 Å². The van der Waals surface area contributed by atoms with E-state index in [0.717, 1.165) is 30.3 Å². The second-order valence-corrected chi connectivity index (χ2v) is 6.50. The van der Waals surface area contributed by atoms with Gasteiger partial charge in [0.2, 0.25) is 5.91 Å². The average Bonchev–Trinajstić information content (AvgIpc) is 3.18. The van der Waals surface area contributed by atoms with Gasteiger partial charge in [-0.05, 0) is 43.5 Å². The van der Waals surface area contributed by atoms with Gasteiger partial charge in [-0.1, -0.05) is 28.1 Å². The molecule has 0 spiro atoms. The van der Waals surface area contributed by atoms with Crippen molar-refractivity contribution in [3.8, 4) is 0 Å². The molecule has 0 heterocycles. The van der Waals surface area contributed by atoms with Crippen LogP contribution in [0.25, 0.3) is 0 Å². The smallest absolute Gasteiger partial charge is 0.222 e. The molecular formula is C15H21BrN2O. The predicted molar refractivity (Wildman–Crippen MR) is 80.8 cm³/mol. The molecule has 3 nitrogen and oxygen atoms in total. The lowest BCUT2D eigenvalue weighted by Gasteiger charge is -2.22. The summed E-state index contributed by atoms with van der Waals surface area (Å²) in [7, 11) is 1.89. The monoisotopic (exact) mass is 324 g/mol. The number of benzene rings is 1. The molecule has 0 atom stereocenters. The third kappa shape index (κ3) is 4.05. The summed E-state index contributed by atoms with van der Waals surface area (Å²) >= 11 is 3.41. The first-order valence-corrected chi connectivity index (χ1v) is 7.52. The summed E-state index contributed by atoms with van der Waals surface area (Å²) < 4.78 is 1.07. The molecule has 0 saturated heterocycles. The molecule has 0 aromatic heterocycles. The highest BCUT2D eigenvalue weighted by Crippen LogP contribution is 2.44. The molecule has 0 unspecified atom stereocenters. The Hall–Kier alpha value is -0.870. The van der Waals surface area contributed by atoms with E-state index in [9.17, 15) is 4.79 Å². The summed E-state index contributed by atoms with van der Waals surface area (Å²) in [5, 5.41) is 0. The Labute approximate surface area is 123 Å². The van der Waals surface area contributed by atoms with E-state index < -0.39 is 0 Å². The van der Waals surface area contributed by atoms with Crippen molar-refractivity contribution in [1.82, 2.24) is 4.90 Å². The lowest BCUT2D eigenvalue weighted by Crippen LogP contribution is -2.35. The minimum atomic E-state index is 0.211. The Morgan fingerprint density at radius 2 is 2.00 bits per heavy atom. The summed E-state index contributed by atoms with van der Waals surface area (Å²) in [5.74, 6) is 0.211. The highest BCUT2D eigenvalue weighted by Gasteiger charge is 2.42. The zero-order chi connectivity index (χ0) is 13.9. The molecule has 1 fully saturated rings. The second kappa shape index (κ2) is 6.06. The van der Waals surface area contributed by atoms with E-state index >= 15 is 0 Å². The van der Waals surface area contributed by atoms with Crippen molar-refractivity contribution in [3.63, 3.8) is 0 Å². The number of nitrogens with zero attached hydrogens (tertiary/aromatic N) is 1. The van der Waals surface area contributed by atoms with Gasteiger partial charge in [0.1, 0.15) is 0 Å². The molecule has 2 N–H and O–H groups in total. The standard InChI is InChI=1S/C15H21BrN2O/c1-18(11-15(10-17)8-9-15)14(19)7-4-12-2-5-13(16)6-3-12/h2-3,5-6H,4,7-11,17H2,1H3. The van der Waals surface area contributed by atoms with Gasteiger partial charge in [0, 0.05) is 29.9 Å². The fourth-order valence-electron chi connectivity index (χ4n) is 2.29. The molecule has 19 heavy (non-hydrogen) atoms. The highest BCUT2D eigenvalue weighted by atomic mass is 79.9. The largest absolute Gasteiger partial charge is 0.345 e. The van der Waals surface area contributed by atoms with Crippen molar-refractivity contribution in [3.05, 3.63) is 34.3 Å². The zero-order valence-corrected chi connectivity index (χ0v) is 12.9. The maximum Gasteiger partial charge on any atom is 0.222 e. The van der Waals surface area contributed by atoms with Crippen LogP contribution in [0.1, 0.15) is 24.8 Å². The number of rotatable bonds is 6. The Morgan fingerprint density at radius 3 is 2.53 bits per heavy atom. The third-order valence-corrected chi connectivity index (χ3v) is 4.46. The molecule has 1 saturated carbocycles. The fourth-order valence-corrected chi connectivity index (χ4v) is 2.55. The number of hydrogen-bond acceptors (Lipinski definition) is 2. The van der Waals surface area contributed by atoms with Gasteiger partial charge in [-0.25, -0.2) is 0 Å². The summed E-state index contributed by atoms with van der Waals surface area (Å²) in [4.78, 5) is 13.9. The average molecular weight is 325 g/mol. The SMILES string of the molecule is CN(CC1(CN)CC1)C(=O)CCc1ccc(Br)cc1. The topological polar surface area (TPSA) is 46.3 Å². The van der Waals surface area contributed by atoms with Crippen molar-refractivity contribution in [2.24, 2.45) is 11.1 Å². The van der Waals surface area contributed by atoms with Crippen LogP contribution in [0.2, 0.25) is 0 Å². The molecule has 1 aliphatic carbocycles. The molecule has 1 aliphatic rings. The summed E-state index contributed by atoms with van der Waals surface area (Å²) in [6, 6.07) is 8.13. The lowest BCUT2D eigenvalue weighted by atomic mass is 10.1. The molecule has 1 amide bonds. The van der Waals surface area contributed by atoms with Gasteiger partial charge in [-0.3, -0.25) is 4.79 Å².